The van der Waals surface area contributed by atoms with Gasteiger partial charge >= 0.3 is 0 Å². The molecular formula is C47H74O. The second kappa shape index (κ2) is 23.5. The molecule has 2 aromatic carbocycles. The van der Waals surface area contributed by atoms with Crippen molar-refractivity contribution in [2.45, 2.75) is 205 Å². The maximum absolute atomic E-state index is 12.5. The van der Waals surface area contributed by atoms with Gasteiger partial charge in [0.2, 0.25) is 0 Å². The van der Waals surface area contributed by atoms with Crippen molar-refractivity contribution in [3.8, 4) is 0 Å². The zero-order valence-electron chi connectivity index (χ0n) is 31.6. The summed E-state index contributed by atoms with van der Waals surface area (Å²) in [4.78, 5) is 12.5. The highest BCUT2D eigenvalue weighted by Crippen LogP contribution is 2.39. The first-order chi connectivity index (χ1) is 23.6. The van der Waals surface area contributed by atoms with Crippen LogP contribution in [0.1, 0.15) is 215 Å². The van der Waals surface area contributed by atoms with Gasteiger partial charge in [-0.15, -0.1) is 0 Å². The van der Waals surface area contributed by atoms with Gasteiger partial charge in [-0.3, -0.25) is 4.79 Å². The van der Waals surface area contributed by atoms with E-state index in [1.54, 1.807) is 11.1 Å². The summed E-state index contributed by atoms with van der Waals surface area (Å²) in [6.07, 6.45) is 36.2. The fraction of sp³-hybridized carbons (Fsp3) is 0.723. The van der Waals surface area contributed by atoms with Crippen LogP contribution < -0.4 is 0 Å². The van der Waals surface area contributed by atoms with Crippen LogP contribution in [0.5, 0.6) is 0 Å². The molecule has 0 aliphatic heterocycles. The average Bonchev–Trinajstić information content (AvgIpc) is 3.12. The van der Waals surface area contributed by atoms with E-state index in [1.165, 1.54) is 165 Å². The van der Waals surface area contributed by atoms with Gasteiger partial charge in [-0.25, -0.2) is 0 Å². The first kappa shape index (κ1) is 38.9. The number of benzene rings is 2. The van der Waals surface area contributed by atoms with E-state index in [0.29, 0.717) is 5.78 Å². The predicted molar refractivity (Wildman–Crippen MR) is 209 cm³/mol. The summed E-state index contributed by atoms with van der Waals surface area (Å²) in [5, 5.41) is 0. The molecule has 0 radical (unpaired) electrons. The minimum Gasteiger partial charge on any atom is -0.300 e. The van der Waals surface area contributed by atoms with Crippen LogP contribution in [0.3, 0.4) is 0 Å². The van der Waals surface area contributed by atoms with Gasteiger partial charge in [0.25, 0.3) is 0 Å². The van der Waals surface area contributed by atoms with Crippen LogP contribution in [-0.2, 0) is 17.6 Å². The Hall–Kier alpha value is -1.89. The highest BCUT2D eigenvalue weighted by atomic mass is 16.1. The quantitative estimate of drug-likeness (QED) is 0.103. The minimum absolute atomic E-state index is 0.523. The molecule has 2 aliphatic rings. The molecule has 1 nitrogen and oxygen atoms in total. The van der Waals surface area contributed by atoms with Crippen molar-refractivity contribution in [2.24, 2.45) is 11.8 Å². The third kappa shape index (κ3) is 14.9. The SMILES string of the molecule is CCCCCc1ccc(C2CCC(CCCCCCC(=O)CCCCCC[C@H]3CC[C@H](c4ccc(CCCCC)cc4)CC3)CC2)cc1. The highest BCUT2D eigenvalue weighted by Gasteiger charge is 2.23. The molecule has 0 amide bonds. The third-order valence-corrected chi connectivity index (χ3v) is 12.4. The number of Topliss-reactive ketones (excluding diaryl/α,β-unsaturated/α-hetero) is 1. The molecule has 0 spiro atoms. The lowest BCUT2D eigenvalue weighted by atomic mass is 9.77. The van der Waals surface area contributed by atoms with Crippen LogP contribution in [0.2, 0.25) is 0 Å². The summed E-state index contributed by atoms with van der Waals surface area (Å²) in [7, 11) is 0. The van der Waals surface area contributed by atoms with E-state index in [9.17, 15) is 4.79 Å². The molecule has 0 aromatic heterocycles. The van der Waals surface area contributed by atoms with Crippen LogP contribution in [-0.4, -0.2) is 5.78 Å². The molecule has 48 heavy (non-hydrogen) atoms. The highest BCUT2D eigenvalue weighted by molar-refractivity contribution is 5.78. The normalized spacial score (nSPS) is 21.4. The molecule has 2 aromatic rings. The smallest absolute Gasteiger partial charge is 0.132 e. The molecule has 0 atom stereocenters. The average molecular weight is 655 g/mol. The van der Waals surface area contributed by atoms with Crippen LogP contribution in [0.15, 0.2) is 48.5 Å². The first-order valence-electron chi connectivity index (χ1n) is 21.3. The standard InChI is InChI=1S/C47H74O/c1-3-5-11-17-39-23-31-43(32-24-39)45-35-27-41(28-36-45)19-13-7-9-15-21-47(48)22-16-10-8-14-20-42-29-37-46(38-30-42)44-33-25-40(26-34-44)18-12-6-4-2/h23-26,31-34,41-42,45-46H,3-22,27-30,35-38H2,1-2H3/t41-,42?,45-,46?. The summed E-state index contributed by atoms with van der Waals surface area (Å²) in [6.45, 7) is 4.57. The molecule has 2 fully saturated rings. The van der Waals surface area contributed by atoms with Crippen molar-refractivity contribution in [3.05, 3.63) is 70.8 Å². The van der Waals surface area contributed by atoms with Crippen molar-refractivity contribution in [3.63, 3.8) is 0 Å². The lowest BCUT2D eigenvalue weighted by molar-refractivity contribution is -0.119. The molecule has 0 saturated heterocycles. The summed E-state index contributed by atoms with van der Waals surface area (Å²) in [5.41, 5.74) is 6.21. The predicted octanol–water partition coefficient (Wildman–Crippen LogP) is 14.7. The largest absolute Gasteiger partial charge is 0.300 e. The Labute approximate surface area is 297 Å². The van der Waals surface area contributed by atoms with Crippen LogP contribution in [0, 0.1) is 11.8 Å². The van der Waals surface area contributed by atoms with Crippen molar-refractivity contribution < 1.29 is 4.79 Å². The Bertz CT molecular complexity index is 993. The van der Waals surface area contributed by atoms with E-state index in [-0.39, 0.29) is 0 Å². The Balaban J connectivity index is 0.925. The van der Waals surface area contributed by atoms with Gasteiger partial charge in [0, 0.05) is 12.8 Å². The Kier molecular flexibility index (Phi) is 19.0. The Morgan fingerprint density at radius 3 is 1.21 bits per heavy atom. The molecule has 268 valence electrons. The van der Waals surface area contributed by atoms with Gasteiger partial charge in [0.1, 0.15) is 5.78 Å². The van der Waals surface area contributed by atoms with E-state index < -0.39 is 0 Å². The molecule has 2 saturated carbocycles. The molecule has 0 bridgehead atoms. The van der Waals surface area contributed by atoms with Crippen molar-refractivity contribution in [1.29, 1.82) is 0 Å². The number of hydrogen-bond donors (Lipinski definition) is 0. The van der Waals surface area contributed by atoms with E-state index in [0.717, 1.165) is 49.4 Å². The second-order valence-electron chi connectivity index (χ2n) is 16.3. The van der Waals surface area contributed by atoms with Crippen molar-refractivity contribution in [2.75, 3.05) is 0 Å². The number of ketones is 1. The van der Waals surface area contributed by atoms with Crippen molar-refractivity contribution in [1.82, 2.24) is 0 Å². The van der Waals surface area contributed by atoms with E-state index in [4.69, 9.17) is 0 Å². The zero-order valence-corrected chi connectivity index (χ0v) is 31.6. The van der Waals surface area contributed by atoms with Crippen LogP contribution >= 0.6 is 0 Å². The Morgan fingerprint density at radius 2 is 0.833 bits per heavy atom. The third-order valence-electron chi connectivity index (χ3n) is 12.4. The first-order valence-corrected chi connectivity index (χ1v) is 21.3. The molecule has 0 unspecified atom stereocenters. The lowest BCUT2D eigenvalue weighted by Gasteiger charge is -2.29. The monoisotopic (exact) mass is 655 g/mol. The van der Waals surface area contributed by atoms with Gasteiger partial charge < -0.3 is 0 Å². The van der Waals surface area contributed by atoms with E-state index in [2.05, 4.69) is 62.4 Å². The second-order valence-corrected chi connectivity index (χ2v) is 16.3. The number of aryl methyl sites for hydroxylation is 2. The molecule has 0 heterocycles. The lowest BCUT2D eigenvalue weighted by Crippen LogP contribution is -2.13. The topological polar surface area (TPSA) is 17.1 Å². The molecule has 0 N–H and O–H groups in total. The van der Waals surface area contributed by atoms with Gasteiger partial charge in [-0.1, -0.05) is 139 Å². The summed E-state index contributed by atoms with van der Waals surface area (Å²) in [5.74, 6) is 3.98. The van der Waals surface area contributed by atoms with Gasteiger partial charge in [0.15, 0.2) is 0 Å². The maximum atomic E-state index is 12.5. The molecule has 4 rings (SSSR count). The van der Waals surface area contributed by atoms with E-state index in [1.807, 2.05) is 0 Å². The number of unbranched alkanes of at least 4 members (excludes halogenated alkanes) is 10. The number of hydrogen-bond acceptors (Lipinski definition) is 1. The Morgan fingerprint density at radius 1 is 0.458 bits per heavy atom. The maximum Gasteiger partial charge on any atom is 0.132 e. The van der Waals surface area contributed by atoms with E-state index >= 15 is 0 Å². The summed E-state index contributed by atoms with van der Waals surface area (Å²) >= 11 is 0. The van der Waals surface area contributed by atoms with Crippen molar-refractivity contribution >= 4 is 5.78 Å². The van der Waals surface area contributed by atoms with Gasteiger partial charge in [0.05, 0.1) is 0 Å². The minimum atomic E-state index is 0.523. The fourth-order valence-corrected chi connectivity index (χ4v) is 8.98. The van der Waals surface area contributed by atoms with Crippen LogP contribution in [0.4, 0.5) is 0 Å². The van der Waals surface area contributed by atoms with Gasteiger partial charge in [-0.05, 0) is 136 Å². The zero-order chi connectivity index (χ0) is 33.7. The molecular weight excluding hydrogens is 581 g/mol. The number of carbonyl (C=O) groups excluding carboxylic acids is 1. The van der Waals surface area contributed by atoms with Crippen LogP contribution in [0.25, 0.3) is 0 Å². The van der Waals surface area contributed by atoms with Gasteiger partial charge in [-0.2, -0.15) is 0 Å². The molecule has 1 heteroatoms. The fourth-order valence-electron chi connectivity index (χ4n) is 8.98. The number of rotatable bonds is 24. The summed E-state index contributed by atoms with van der Waals surface area (Å²) < 4.78 is 0. The molecule has 2 aliphatic carbocycles. The summed E-state index contributed by atoms with van der Waals surface area (Å²) in [6, 6.07) is 19.3. The number of carbonyl (C=O) groups is 1.